The number of hydrogen-bond donors (Lipinski definition) is 2. The molecular formula is C21H24N2O4. The summed E-state index contributed by atoms with van der Waals surface area (Å²) in [6.45, 7) is 2.89. The molecular weight excluding hydrogens is 344 g/mol. The van der Waals surface area contributed by atoms with Crippen LogP contribution in [0.1, 0.15) is 30.1 Å². The van der Waals surface area contributed by atoms with E-state index in [0.29, 0.717) is 24.4 Å². The van der Waals surface area contributed by atoms with Crippen molar-refractivity contribution in [1.29, 1.82) is 0 Å². The maximum absolute atomic E-state index is 12.6. The fraction of sp³-hybridized carbons (Fsp3) is 0.333. The molecule has 1 atom stereocenters. The van der Waals surface area contributed by atoms with E-state index < -0.39 is 6.10 Å². The quantitative estimate of drug-likeness (QED) is 0.850. The van der Waals surface area contributed by atoms with Crippen LogP contribution < -0.4 is 10.1 Å². The van der Waals surface area contributed by atoms with Gasteiger partial charge in [-0.1, -0.05) is 18.2 Å². The van der Waals surface area contributed by atoms with Crippen LogP contribution in [0.15, 0.2) is 54.6 Å². The zero-order valence-corrected chi connectivity index (χ0v) is 15.3. The van der Waals surface area contributed by atoms with Crippen molar-refractivity contribution in [3.63, 3.8) is 0 Å². The lowest BCUT2D eigenvalue weighted by Gasteiger charge is -2.33. The average molecular weight is 368 g/mol. The molecule has 1 unspecified atom stereocenters. The van der Waals surface area contributed by atoms with Crippen molar-refractivity contribution in [1.82, 2.24) is 10.2 Å². The Morgan fingerprint density at radius 3 is 2.33 bits per heavy atom. The van der Waals surface area contributed by atoms with Crippen molar-refractivity contribution in [2.75, 3.05) is 13.1 Å². The molecule has 0 aliphatic carbocycles. The van der Waals surface area contributed by atoms with Crippen LogP contribution in [0.2, 0.25) is 0 Å². The second-order valence-corrected chi connectivity index (χ2v) is 6.69. The number of likely N-dealkylation sites (tertiary alicyclic amines) is 1. The summed E-state index contributed by atoms with van der Waals surface area (Å²) in [5, 5.41) is 12.3. The fourth-order valence-electron chi connectivity index (χ4n) is 3.14. The van der Waals surface area contributed by atoms with Crippen LogP contribution in [-0.2, 0) is 4.79 Å². The Balaban J connectivity index is 1.47. The molecule has 1 aliphatic heterocycles. The van der Waals surface area contributed by atoms with Crippen LogP contribution in [0.25, 0.3) is 0 Å². The first-order chi connectivity index (χ1) is 13.0. The van der Waals surface area contributed by atoms with Crippen molar-refractivity contribution < 1.29 is 19.4 Å². The van der Waals surface area contributed by atoms with Gasteiger partial charge in [-0.15, -0.1) is 0 Å². The molecule has 6 nitrogen and oxygen atoms in total. The molecule has 6 heteroatoms. The second kappa shape index (κ2) is 8.58. The number of rotatable bonds is 5. The van der Waals surface area contributed by atoms with Gasteiger partial charge in [0.05, 0.1) is 0 Å². The predicted molar refractivity (Wildman–Crippen MR) is 102 cm³/mol. The van der Waals surface area contributed by atoms with E-state index in [4.69, 9.17) is 4.74 Å². The van der Waals surface area contributed by atoms with Crippen LogP contribution in [0.5, 0.6) is 11.5 Å². The molecule has 0 radical (unpaired) electrons. The molecule has 3 rings (SSSR count). The summed E-state index contributed by atoms with van der Waals surface area (Å²) in [5.74, 6) is 0.542. The first-order valence-electron chi connectivity index (χ1n) is 9.13. The average Bonchev–Trinajstić information content (AvgIpc) is 2.70. The third-order valence-corrected chi connectivity index (χ3v) is 4.68. The van der Waals surface area contributed by atoms with Crippen molar-refractivity contribution in [2.45, 2.75) is 31.9 Å². The maximum Gasteiger partial charge on any atom is 0.263 e. The normalized spacial score (nSPS) is 15.8. The first kappa shape index (κ1) is 18.8. The van der Waals surface area contributed by atoms with Gasteiger partial charge in [0.1, 0.15) is 11.5 Å². The van der Waals surface area contributed by atoms with Crippen LogP contribution >= 0.6 is 0 Å². The molecule has 1 heterocycles. The number of ether oxygens (including phenoxy) is 1. The van der Waals surface area contributed by atoms with Gasteiger partial charge in [-0.3, -0.25) is 9.59 Å². The number of carbonyl (C=O) groups excluding carboxylic acids is 2. The van der Waals surface area contributed by atoms with Gasteiger partial charge in [0.25, 0.3) is 11.8 Å². The summed E-state index contributed by atoms with van der Waals surface area (Å²) >= 11 is 0. The Hall–Kier alpha value is -3.02. The number of aromatic hydroxyl groups is 1. The fourth-order valence-corrected chi connectivity index (χ4v) is 3.14. The second-order valence-electron chi connectivity index (χ2n) is 6.69. The smallest absolute Gasteiger partial charge is 0.263 e. The van der Waals surface area contributed by atoms with Gasteiger partial charge >= 0.3 is 0 Å². The Morgan fingerprint density at radius 2 is 1.70 bits per heavy atom. The molecule has 2 N–H and O–H groups in total. The molecule has 142 valence electrons. The number of nitrogens with zero attached hydrogens (tertiary/aromatic N) is 1. The number of benzene rings is 2. The zero-order valence-electron chi connectivity index (χ0n) is 15.3. The first-order valence-corrected chi connectivity index (χ1v) is 9.13. The SMILES string of the molecule is CC(Oc1ccc(O)cc1)C(=O)N1CCC(NC(=O)c2ccccc2)CC1. The minimum Gasteiger partial charge on any atom is -0.508 e. The summed E-state index contributed by atoms with van der Waals surface area (Å²) in [6.07, 6.45) is 0.831. The van der Waals surface area contributed by atoms with Gasteiger partial charge in [-0.05, 0) is 56.2 Å². The van der Waals surface area contributed by atoms with Gasteiger partial charge in [-0.2, -0.15) is 0 Å². The molecule has 2 amide bonds. The number of amides is 2. The molecule has 0 saturated carbocycles. The molecule has 0 spiro atoms. The third-order valence-electron chi connectivity index (χ3n) is 4.68. The summed E-state index contributed by atoms with van der Waals surface area (Å²) in [4.78, 5) is 26.6. The van der Waals surface area contributed by atoms with Crippen LogP contribution in [0.4, 0.5) is 0 Å². The monoisotopic (exact) mass is 368 g/mol. The maximum atomic E-state index is 12.6. The van der Waals surface area contributed by atoms with E-state index in [1.54, 1.807) is 36.1 Å². The van der Waals surface area contributed by atoms with E-state index in [9.17, 15) is 14.7 Å². The van der Waals surface area contributed by atoms with E-state index in [1.165, 1.54) is 12.1 Å². The largest absolute Gasteiger partial charge is 0.508 e. The van der Waals surface area contributed by atoms with E-state index >= 15 is 0 Å². The third kappa shape index (κ3) is 5.00. The van der Waals surface area contributed by atoms with Crippen molar-refractivity contribution in [2.24, 2.45) is 0 Å². The molecule has 27 heavy (non-hydrogen) atoms. The number of piperidine rings is 1. The van der Waals surface area contributed by atoms with Crippen molar-refractivity contribution in [3.8, 4) is 11.5 Å². The Kier molecular flexibility index (Phi) is 5.96. The molecule has 2 aromatic rings. The number of nitrogens with one attached hydrogen (secondary N) is 1. The number of hydrogen-bond acceptors (Lipinski definition) is 4. The highest BCUT2D eigenvalue weighted by Crippen LogP contribution is 2.19. The standard InChI is InChI=1S/C21H24N2O4/c1-15(27-19-9-7-18(24)8-10-19)21(26)23-13-11-17(12-14-23)22-20(25)16-5-3-2-4-6-16/h2-10,15,17,24H,11-14H2,1H3,(H,22,25). The number of carbonyl (C=O) groups is 2. The van der Waals surface area contributed by atoms with Gasteiger partial charge < -0.3 is 20.1 Å². The van der Waals surface area contributed by atoms with E-state index in [2.05, 4.69) is 5.32 Å². The lowest BCUT2D eigenvalue weighted by atomic mass is 10.0. The highest BCUT2D eigenvalue weighted by molar-refractivity contribution is 5.94. The highest BCUT2D eigenvalue weighted by atomic mass is 16.5. The summed E-state index contributed by atoms with van der Waals surface area (Å²) in [7, 11) is 0. The minimum atomic E-state index is -0.606. The Bertz CT molecular complexity index is 769. The molecule has 1 saturated heterocycles. The predicted octanol–water partition coefficient (Wildman–Crippen LogP) is 2.58. The molecule has 2 aromatic carbocycles. The summed E-state index contributed by atoms with van der Waals surface area (Å²) < 4.78 is 5.66. The minimum absolute atomic E-state index is 0.0649. The van der Waals surface area contributed by atoms with Gasteiger partial charge in [0.2, 0.25) is 0 Å². The van der Waals surface area contributed by atoms with E-state index in [1.807, 2.05) is 18.2 Å². The number of phenols is 1. The van der Waals surface area contributed by atoms with E-state index in [0.717, 1.165) is 12.8 Å². The molecule has 0 bridgehead atoms. The van der Waals surface area contributed by atoms with Gasteiger partial charge in [-0.25, -0.2) is 0 Å². The Morgan fingerprint density at radius 1 is 1.07 bits per heavy atom. The van der Waals surface area contributed by atoms with Crippen molar-refractivity contribution >= 4 is 11.8 Å². The van der Waals surface area contributed by atoms with Gasteiger partial charge in [0.15, 0.2) is 6.10 Å². The van der Waals surface area contributed by atoms with Crippen LogP contribution in [-0.4, -0.2) is 47.1 Å². The summed E-state index contributed by atoms with van der Waals surface area (Å²) in [6, 6.07) is 15.5. The molecule has 1 aliphatic rings. The lowest BCUT2D eigenvalue weighted by molar-refractivity contribution is -0.139. The highest BCUT2D eigenvalue weighted by Gasteiger charge is 2.27. The van der Waals surface area contributed by atoms with Gasteiger partial charge in [0, 0.05) is 24.7 Å². The summed E-state index contributed by atoms with van der Waals surface area (Å²) in [5.41, 5.74) is 0.645. The van der Waals surface area contributed by atoms with Crippen molar-refractivity contribution in [3.05, 3.63) is 60.2 Å². The van der Waals surface area contributed by atoms with Crippen LogP contribution in [0.3, 0.4) is 0 Å². The topological polar surface area (TPSA) is 78.9 Å². The van der Waals surface area contributed by atoms with E-state index in [-0.39, 0.29) is 23.6 Å². The number of phenolic OH excluding ortho intramolecular Hbond substituents is 1. The Labute approximate surface area is 158 Å². The molecule has 1 fully saturated rings. The van der Waals surface area contributed by atoms with Crippen LogP contribution in [0, 0.1) is 0 Å². The lowest BCUT2D eigenvalue weighted by Crippen LogP contribution is -2.49. The zero-order chi connectivity index (χ0) is 19.2. The molecule has 0 aromatic heterocycles.